The molecule has 1 fully saturated rings. The smallest absolute Gasteiger partial charge is 0.0839 e. The SMILES string of the molecule is CN1CCN(CCn2cc(CCN)nn2)CC1. The largest absolute Gasteiger partial charge is 0.330 e. The van der Waals surface area contributed by atoms with Gasteiger partial charge in [0.05, 0.1) is 12.2 Å². The molecule has 2 rings (SSSR count). The second-order valence-corrected chi connectivity index (χ2v) is 4.66. The quantitative estimate of drug-likeness (QED) is 0.715. The zero-order valence-corrected chi connectivity index (χ0v) is 10.5. The Morgan fingerprint density at radius 1 is 1.24 bits per heavy atom. The van der Waals surface area contributed by atoms with Crippen LogP contribution in [0.5, 0.6) is 0 Å². The molecule has 96 valence electrons. The van der Waals surface area contributed by atoms with Gasteiger partial charge in [0.15, 0.2) is 0 Å². The normalized spacial score (nSPS) is 18.7. The van der Waals surface area contributed by atoms with Crippen LogP contribution in [0.4, 0.5) is 0 Å². The van der Waals surface area contributed by atoms with Gasteiger partial charge in [-0.05, 0) is 13.6 Å². The van der Waals surface area contributed by atoms with E-state index in [0.29, 0.717) is 6.54 Å². The van der Waals surface area contributed by atoms with Gasteiger partial charge in [-0.25, -0.2) is 0 Å². The number of hydrogen-bond donors (Lipinski definition) is 1. The molecule has 0 aliphatic carbocycles. The van der Waals surface area contributed by atoms with Gasteiger partial charge in [-0.15, -0.1) is 5.10 Å². The van der Waals surface area contributed by atoms with Crippen LogP contribution in [-0.4, -0.2) is 71.1 Å². The van der Waals surface area contributed by atoms with Crippen molar-refractivity contribution < 1.29 is 0 Å². The lowest BCUT2D eigenvalue weighted by molar-refractivity contribution is 0.148. The third kappa shape index (κ3) is 3.76. The van der Waals surface area contributed by atoms with Gasteiger partial charge in [0, 0.05) is 45.3 Å². The highest BCUT2D eigenvalue weighted by Gasteiger charge is 2.13. The van der Waals surface area contributed by atoms with E-state index in [2.05, 4.69) is 27.2 Å². The van der Waals surface area contributed by atoms with Crippen molar-refractivity contribution in [3.63, 3.8) is 0 Å². The molecule has 1 aliphatic rings. The fraction of sp³-hybridized carbons (Fsp3) is 0.818. The van der Waals surface area contributed by atoms with Gasteiger partial charge in [-0.3, -0.25) is 9.58 Å². The third-order valence-electron chi connectivity index (χ3n) is 3.23. The number of piperazine rings is 1. The first-order chi connectivity index (χ1) is 8.28. The lowest BCUT2D eigenvalue weighted by Crippen LogP contribution is -2.45. The molecule has 0 amide bonds. The molecule has 0 saturated carbocycles. The molecule has 0 spiro atoms. The summed E-state index contributed by atoms with van der Waals surface area (Å²) < 4.78 is 1.92. The second-order valence-electron chi connectivity index (χ2n) is 4.66. The number of nitrogens with two attached hydrogens (primary N) is 1. The van der Waals surface area contributed by atoms with Crippen LogP contribution in [0.15, 0.2) is 6.20 Å². The average Bonchev–Trinajstić information content (AvgIpc) is 2.77. The maximum Gasteiger partial charge on any atom is 0.0839 e. The van der Waals surface area contributed by atoms with Gasteiger partial charge in [-0.2, -0.15) is 0 Å². The Hall–Kier alpha value is -0.980. The van der Waals surface area contributed by atoms with Crippen LogP contribution in [0.2, 0.25) is 0 Å². The standard InChI is InChI=1S/C11H22N6/c1-15-4-6-16(7-5-15)8-9-17-10-11(2-3-12)13-14-17/h10H,2-9,12H2,1H3. The molecule has 17 heavy (non-hydrogen) atoms. The van der Waals surface area contributed by atoms with Crippen molar-refractivity contribution >= 4 is 0 Å². The molecule has 6 heteroatoms. The fourth-order valence-corrected chi connectivity index (χ4v) is 2.03. The summed E-state index contributed by atoms with van der Waals surface area (Å²) in [7, 11) is 2.17. The molecular weight excluding hydrogens is 216 g/mol. The summed E-state index contributed by atoms with van der Waals surface area (Å²) in [5.74, 6) is 0. The molecule has 6 nitrogen and oxygen atoms in total. The van der Waals surface area contributed by atoms with Crippen molar-refractivity contribution in [2.75, 3.05) is 46.3 Å². The molecule has 2 heterocycles. The van der Waals surface area contributed by atoms with Crippen molar-refractivity contribution in [2.45, 2.75) is 13.0 Å². The van der Waals surface area contributed by atoms with E-state index in [1.54, 1.807) is 0 Å². The zero-order chi connectivity index (χ0) is 12.1. The minimum Gasteiger partial charge on any atom is -0.330 e. The van der Waals surface area contributed by atoms with E-state index in [-0.39, 0.29) is 0 Å². The minimum atomic E-state index is 0.636. The van der Waals surface area contributed by atoms with Crippen molar-refractivity contribution in [2.24, 2.45) is 5.73 Å². The number of hydrogen-bond acceptors (Lipinski definition) is 5. The van der Waals surface area contributed by atoms with Crippen molar-refractivity contribution in [1.29, 1.82) is 0 Å². The van der Waals surface area contributed by atoms with Crippen molar-refractivity contribution in [3.8, 4) is 0 Å². The first-order valence-corrected chi connectivity index (χ1v) is 6.28. The van der Waals surface area contributed by atoms with Crippen LogP contribution in [-0.2, 0) is 13.0 Å². The summed E-state index contributed by atoms with van der Waals surface area (Å²) in [6.07, 6.45) is 2.82. The molecule has 1 aromatic rings. The fourth-order valence-electron chi connectivity index (χ4n) is 2.03. The predicted octanol–water partition coefficient (Wildman–Crippen LogP) is -0.973. The van der Waals surface area contributed by atoms with Crippen LogP contribution in [0.25, 0.3) is 0 Å². The first kappa shape index (κ1) is 12.5. The molecular formula is C11H22N6. The van der Waals surface area contributed by atoms with Gasteiger partial charge in [0.2, 0.25) is 0 Å². The number of aromatic nitrogens is 3. The summed E-state index contributed by atoms with van der Waals surface area (Å²) >= 11 is 0. The molecule has 2 N–H and O–H groups in total. The highest BCUT2D eigenvalue weighted by Crippen LogP contribution is 2.00. The van der Waals surface area contributed by atoms with Gasteiger partial charge in [0.1, 0.15) is 0 Å². The summed E-state index contributed by atoms with van der Waals surface area (Å²) in [6, 6.07) is 0. The molecule has 1 aromatic heterocycles. The van der Waals surface area contributed by atoms with E-state index in [1.165, 1.54) is 0 Å². The topological polar surface area (TPSA) is 63.2 Å². The van der Waals surface area contributed by atoms with Gasteiger partial charge in [-0.1, -0.05) is 5.21 Å². The molecule has 0 atom stereocenters. The van der Waals surface area contributed by atoms with Gasteiger partial charge in [0.25, 0.3) is 0 Å². The van der Waals surface area contributed by atoms with Crippen molar-refractivity contribution in [1.82, 2.24) is 24.8 Å². The third-order valence-corrected chi connectivity index (χ3v) is 3.23. The Morgan fingerprint density at radius 3 is 2.71 bits per heavy atom. The first-order valence-electron chi connectivity index (χ1n) is 6.28. The highest BCUT2D eigenvalue weighted by molar-refractivity contribution is 4.92. The lowest BCUT2D eigenvalue weighted by Gasteiger charge is -2.32. The summed E-state index contributed by atoms with van der Waals surface area (Å²) in [6.45, 7) is 7.24. The van der Waals surface area contributed by atoms with E-state index >= 15 is 0 Å². The Kier molecular flexibility index (Phi) is 4.47. The Bertz CT molecular complexity index is 328. The van der Waals surface area contributed by atoms with Crippen LogP contribution in [0.3, 0.4) is 0 Å². The lowest BCUT2D eigenvalue weighted by atomic mass is 10.3. The summed E-state index contributed by atoms with van der Waals surface area (Å²) in [4.78, 5) is 4.84. The van der Waals surface area contributed by atoms with E-state index in [1.807, 2.05) is 10.9 Å². The average molecular weight is 238 g/mol. The second kappa shape index (κ2) is 6.09. The molecule has 1 saturated heterocycles. The molecule has 1 aliphatic heterocycles. The monoisotopic (exact) mass is 238 g/mol. The van der Waals surface area contributed by atoms with E-state index in [4.69, 9.17) is 5.73 Å². The number of likely N-dealkylation sites (N-methyl/N-ethyl adjacent to an activating group) is 1. The van der Waals surface area contributed by atoms with Gasteiger partial charge < -0.3 is 10.6 Å². The van der Waals surface area contributed by atoms with E-state index in [9.17, 15) is 0 Å². The Labute approximate surface area is 102 Å². The molecule has 0 aromatic carbocycles. The Morgan fingerprint density at radius 2 is 2.00 bits per heavy atom. The van der Waals surface area contributed by atoms with Crippen molar-refractivity contribution in [3.05, 3.63) is 11.9 Å². The van der Waals surface area contributed by atoms with E-state index < -0.39 is 0 Å². The Balaban J connectivity index is 1.73. The van der Waals surface area contributed by atoms with Crippen LogP contribution in [0, 0.1) is 0 Å². The minimum absolute atomic E-state index is 0.636. The van der Waals surface area contributed by atoms with Gasteiger partial charge >= 0.3 is 0 Å². The predicted molar refractivity (Wildman–Crippen MR) is 66.7 cm³/mol. The molecule has 0 bridgehead atoms. The summed E-state index contributed by atoms with van der Waals surface area (Å²) in [5, 5.41) is 8.20. The molecule has 0 unspecified atom stereocenters. The van der Waals surface area contributed by atoms with E-state index in [0.717, 1.165) is 51.4 Å². The molecule has 0 radical (unpaired) electrons. The summed E-state index contributed by atoms with van der Waals surface area (Å²) in [5.41, 5.74) is 6.48. The van der Waals surface area contributed by atoms with Crippen LogP contribution >= 0.6 is 0 Å². The van der Waals surface area contributed by atoms with Crippen LogP contribution < -0.4 is 5.73 Å². The van der Waals surface area contributed by atoms with Crippen LogP contribution in [0.1, 0.15) is 5.69 Å². The maximum atomic E-state index is 5.48. The highest BCUT2D eigenvalue weighted by atomic mass is 15.4. The number of rotatable bonds is 5. The zero-order valence-electron chi connectivity index (χ0n) is 10.5. The maximum absolute atomic E-state index is 5.48. The number of nitrogens with zero attached hydrogens (tertiary/aromatic N) is 5.